The van der Waals surface area contributed by atoms with Crippen molar-refractivity contribution in [1.82, 2.24) is 10.3 Å². The van der Waals surface area contributed by atoms with Crippen LogP contribution in [0, 0.1) is 13.8 Å². The van der Waals surface area contributed by atoms with Crippen LogP contribution in [0.3, 0.4) is 0 Å². The zero-order valence-electron chi connectivity index (χ0n) is 18.8. The van der Waals surface area contributed by atoms with Gasteiger partial charge in [0.05, 0.1) is 5.69 Å². The Morgan fingerprint density at radius 1 is 1.06 bits per heavy atom. The van der Waals surface area contributed by atoms with Crippen molar-refractivity contribution < 1.29 is 14.3 Å². The molecule has 0 spiro atoms. The molecule has 0 unspecified atom stereocenters. The summed E-state index contributed by atoms with van der Waals surface area (Å²) in [6, 6.07) is 18.4. The standard InChI is InChI=1S/C27H25N3O3/c1-16-8-10-19(17(2)12-16)21-14-28-22-11-9-18(13-20(21)22)26(31)29-23-15-33-25-7-5-4-6-24(25)30(3)27(23)32/h4-14,23,28H,15H2,1-3H3,(H,29,31)/t23-/m0/s1. The minimum absolute atomic E-state index is 0.0755. The van der Waals surface area contributed by atoms with Crippen molar-refractivity contribution in [2.45, 2.75) is 19.9 Å². The molecule has 0 saturated carbocycles. The van der Waals surface area contributed by atoms with Crippen molar-refractivity contribution in [3.8, 4) is 16.9 Å². The van der Waals surface area contributed by atoms with Crippen LogP contribution in [0.4, 0.5) is 5.69 Å². The van der Waals surface area contributed by atoms with Crippen molar-refractivity contribution in [1.29, 1.82) is 0 Å². The molecule has 3 aromatic carbocycles. The number of likely N-dealkylation sites (N-methyl/N-ethyl adjacent to an activating group) is 1. The van der Waals surface area contributed by atoms with E-state index < -0.39 is 6.04 Å². The average molecular weight is 440 g/mol. The first-order valence-corrected chi connectivity index (χ1v) is 10.9. The molecule has 2 N–H and O–H groups in total. The van der Waals surface area contributed by atoms with Crippen LogP contribution in [0.15, 0.2) is 66.9 Å². The molecule has 6 nitrogen and oxygen atoms in total. The molecule has 1 aliphatic rings. The van der Waals surface area contributed by atoms with E-state index in [1.807, 2.05) is 42.6 Å². The maximum atomic E-state index is 13.1. The van der Waals surface area contributed by atoms with Crippen molar-refractivity contribution in [2.75, 3.05) is 18.6 Å². The molecule has 166 valence electrons. The molecule has 2 heterocycles. The highest BCUT2D eigenvalue weighted by Gasteiger charge is 2.30. The summed E-state index contributed by atoms with van der Waals surface area (Å²) in [6.07, 6.45) is 1.97. The monoisotopic (exact) mass is 439 g/mol. The van der Waals surface area contributed by atoms with Gasteiger partial charge in [0, 0.05) is 35.3 Å². The Bertz CT molecular complexity index is 1390. The fourth-order valence-corrected chi connectivity index (χ4v) is 4.40. The van der Waals surface area contributed by atoms with E-state index in [1.165, 1.54) is 16.0 Å². The summed E-state index contributed by atoms with van der Waals surface area (Å²) in [6.45, 7) is 4.24. The Hall–Kier alpha value is -4.06. The molecule has 0 bridgehead atoms. The van der Waals surface area contributed by atoms with Crippen molar-refractivity contribution in [3.63, 3.8) is 0 Å². The van der Waals surface area contributed by atoms with E-state index in [-0.39, 0.29) is 18.4 Å². The van der Waals surface area contributed by atoms with Gasteiger partial charge in [0.15, 0.2) is 0 Å². The molecule has 0 fully saturated rings. The first-order chi connectivity index (χ1) is 15.9. The Labute approximate surface area is 192 Å². The van der Waals surface area contributed by atoms with Gasteiger partial charge in [0.2, 0.25) is 0 Å². The lowest BCUT2D eigenvalue weighted by molar-refractivity contribution is -0.120. The minimum atomic E-state index is -0.782. The highest BCUT2D eigenvalue weighted by atomic mass is 16.5. The summed E-state index contributed by atoms with van der Waals surface area (Å²) < 4.78 is 5.81. The predicted molar refractivity (Wildman–Crippen MR) is 130 cm³/mol. The zero-order chi connectivity index (χ0) is 23.1. The number of aryl methyl sites for hydroxylation is 2. The SMILES string of the molecule is Cc1ccc(-c2c[nH]c3ccc(C(=O)N[C@H]4COc5ccccc5N(C)C4=O)cc23)c(C)c1. The number of aromatic amines is 1. The number of rotatable bonds is 3. The number of hydrogen-bond donors (Lipinski definition) is 2. The number of H-pyrrole nitrogens is 1. The lowest BCUT2D eigenvalue weighted by Crippen LogP contribution is -2.49. The minimum Gasteiger partial charge on any atom is -0.489 e. The first-order valence-electron chi connectivity index (χ1n) is 10.9. The second-order valence-corrected chi connectivity index (χ2v) is 8.48. The van der Waals surface area contributed by atoms with Gasteiger partial charge in [-0.3, -0.25) is 9.59 Å². The average Bonchev–Trinajstić information content (AvgIpc) is 3.19. The number of carbonyl (C=O) groups is 2. The highest BCUT2D eigenvalue weighted by Crippen LogP contribution is 2.32. The number of carbonyl (C=O) groups excluding carboxylic acids is 2. The van der Waals surface area contributed by atoms with E-state index in [2.05, 4.69) is 42.3 Å². The second kappa shape index (κ2) is 8.13. The largest absolute Gasteiger partial charge is 0.489 e. The van der Waals surface area contributed by atoms with E-state index in [4.69, 9.17) is 4.74 Å². The molecule has 2 amide bonds. The van der Waals surface area contributed by atoms with Crippen molar-refractivity contribution in [3.05, 3.63) is 83.6 Å². The maximum absolute atomic E-state index is 13.1. The summed E-state index contributed by atoms with van der Waals surface area (Å²) in [5.41, 5.74) is 6.67. The van der Waals surface area contributed by atoms with Crippen LogP contribution in [0.1, 0.15) is 21.5 Å². The smallest absolute Gasteiger partial charge is 0.252 e. The highest BCUT2D eigenvalue weighted by molar-refractivity contribution is 6.06. The Kier molecular flexibility index (Phi) is 5.13. The van der Waals surface area contributed by atoms with Gasteiger partial charge >= 0.3 is 0 Å². The van der Waals surface area contributed by atoms with Crippen LogP contribution in [0.5, 0.6) is 5.75 Å². The molecule has 33 heavy (non-hydrogen) atoms. The molecular weight excluding hydrogens is 414 g/mol. The fourth-order valence-electron chi connectivity index (χ4n) is 4.40. The quantitative estimate of drug-likeness (QED) is 0.490. The normalized spacial score (nSPS) is 15.7. The fraction of sp³-hybridized carbons (Fsp3) is 0.185. The molecule has 0 saturated heterocycles. The number of fused-ring (bicyclic) bond motifs is 2. The van der Waals surface area contributed by atoms with E-state index in [0.29, 0.717) is 17.0 Å². The van der Waals surface area contributed by atoms with Gasteiger partial charge in [-0.1, -0.05) is 35.9 Å². The van der Waals surface area contributed by atoms with E-state index in [1.54, 1.807) is 13.1 Å². The third kappa shape index (κ3) is 3.74. The summed E-state index contributed by atoms with van der Waals surface area (Å²) in [5, 5.41) is 3.82. The van der Waals surface area contributed by atoms with Gasteiger partial charge in [0.1, 0.15) is 18.4 Å². The maximum Gasteiger partial charge on any atom is 0.252 e. The van der Waals surface area contributed by atoms with Gasteiger partial charge in [0.25, 0.3) is 11.8 Å². The number of hydrogen-bond acceptors (Lipinski definition) is 3. The van der Waals surface area contributed by atoms with Crippen LogP contribution in [0.2, 0.25) is 0 Å². The van der Waals surface area contributed by atoms with Crippen LogP contribution in [-0.2, 0) is 4.79 Å². The Morgan fingerprint density at radius 3 is 2.70 bits per heavy atom. The lowest BCUT2D eigenvalue weighted by Gasteiger charge is -2.20. The lowest BCUT2D eigenvalue weighted by atomic mass is 9.97. The second-order valence-electron chi connectivity index (χ2n) is 8.48. The van der Waals surface area contributed by atoms with Crippen LogP contribution in [0.25, 0.3) is 22.0 Å². The molecule has 1 aliphatic heterocycles. The van der Waals surface area contributed by atoms with E-state index >= 15 is 0 Å². The predicted octanol–water partition coefficient (Wildman–Crippen LogP) is 4.61. The van der Waals surface area contributed by atoms with Crippen LogP contribution >= 0.6 is 0 Å². The summed E-state index contributed by atoms with van der Waals surface area (Å²) in [5.74, 6) is 0.0925. The number of aromatic nitrogens is 1. The third-order valence-electron chi connectivity index (χ3n) is 6.18. The first kappa shape index (κ1) is 20.8. The van der Waals surface area contributed by atoms with E-state index in [0.717, 1.165) is 22.0 Å². The topological polar surface area (TPSA) is 74.4 Å². The Morgan fingerprint density at radius 2 is 1.88 bits per heavy atom. The van der Waals surface area contributed by atoms with Crippen molar-refractivity contribution in [2.24, 2.45) is 0 Å². The van der Waals surface area contributed by atoms with Gasteiger partial charge < -0.3 is 19.9 Å². The molecule has 6 heteroatoms. The number of nitrogens with zero attached hydrogens (tertiary/aromatic N) is 1. The number of para-hydroxylation sites is 2. The molecule has 5 rings (SSSR count). The number of amides is 2. The van der Waals surface area contributed by atoms with Gasteiger partial charge in [-0.2, -0.15) is 0 Å². The molecule has 0 radical (unpaired) electrons. The van der Waals surface area contributed by atoms with Crippen LogP contribution in [-0.4, -0.2) is 36.5 Å². The van der Waals surface area contributed by atoms with Gasteiger partial charge in [-0.15, -0.1) is 0 Å². The molecule has 1 atom stereocenters. The number of anilines is 1. The summed E-state index contributed by atoms with van der Waals surface area (Å²) in [4.78, 5) is 30.9. The zero-order valence-corrected chi connectivity index (χ0v) is 18.8. The van der Waals surface area contributed by atoms with E-state index in [9.17, 15) is 9.59 Å². The van der Waals surface area contributed by atoms with Crippen LogP contribution < -0.4 is 15.0 Å². The molecule has 0 aliphatic carbocycles. The van der Waals surface area contributed by atoms with Crippen molar-refractivity contribution >= 4 is 28.4 Å². The summed E-state index contributed by atoms with van der Waals surface area (Å²) in [7, 11) is 1.69. The molecule has 4 aromatic rings. The number of nitrogens with one attached hydrogen (secondary N) is 2. The van der Waals surface area contributed by atoms with Gasteiger partial charge in [-0.05, 0) is 55.3 Å². The number of ether oxygens (including phenoxy) is 1. The summed E-state index contributed by atoms with van der Waals surface area (Å²) >= 11 is 0. The third-order valence-corrected chi connectivity index (χ3v) is 6.18. The number of benzene rings is 3. The van der Waals surface area contributed by atoms with Gasteiger partial charge in [-0.25, -0.2) is 0 Å². The molecular formula is C27H25N3O3. The molecule has 1 aromatic heterocycles. The Balaban J connectivity index is 1.43.